The van der Waals surface area contributed by atoms with E-state index in [1.807, 2.05) is 14.1 Å². The van der Waals surface area contributed by atoms with E-state index in [0.717, 1.165) is 36.1 Å². The Bertz CT molecular complexity index is 865. The van der Waals surface area contributed by atoms with Crippen molar-refractivity contribution in [2.75, 3.05) is 20.6 Å². The van der Waals surface area contributed by atoms with Crippen molar-refractivity contribution in [3.05, 3.63) is 69.8 Å². The number of benzene rings is 2. The lowest BCUT2D eigenvalue weighted by atomic mass is 9.71. The molecule has 2 aliphatic carbocycles. The third-order valence-corrected chi connectivity index (χ3v) is 5.55. The number of carbonyl (C=O) groups excluding carboxylic acids is 1. The molecule has 0 radical (unpaired) electrons. The minimum Gasteiger partial charge on any atom is -0.309 e. The molecule has 0 aromatic heterocycles. The highest BCUT2D eigenvalue weighted by Crippen LogP contribution is 2.44. The topological polar surface area (TPSA) is 20.3 Å². The van der Waals surface area contributed by atoms with Crippen molar-refractivity contribution in [3.8, 4) is 0 Å². The fraction of sp³-hybridized carbons (Fsp3) is 0.381. The van der Waals surface area contributed by atoms with E-state index >= 15 is 0 Å². The van der Waals surface area contributed by atoms with Crippen molar-refractivity contribution in [2.45, 2.75) is 25.2 Å². The van der Waals surface area contributed by atoms with Crippen LogP contribution in [0.1, 0.15) is 45.0 Å². The third-order valence-electron chi connectivity index (χ3n) is 5.55. The second-order valence-electron chi connectivity index (χ2n) is 7.53. The van der Waals surface area contributed by atoms with Crippen molar-refractivity contribution in [2.24, 2.45) is 5.92 Å². The summed E-state index contributed by atoms with van der Waals surface area (Å²) < 4.78 is 27.9. The maximum atomic E-state index is 14.1. The SMILES string of the molecule is CN(C)CC1CCc2cc(F)cc3c2C1Cc1cc(F)ccc1C3=O.Cl. The van der Waals surface area contributed by atoms with Crippen LogP contribution < -0.4 is 0 Å². The minimum absolute atomic E-state index is 0. The van der Waals surface area contributed by atoms with Crippen LogP contribution in [0.25, 0.3) is 0 Å². The Morgan fingerprint density at radius 2 is 1.77 bits per heavy atom. The first-order chi connectivity index (χ1) is 11.9. The van der Waals surface area contributed by atoms with Gasteiger partial charge in [-0.1, -0.05) is 0 Å². The van der Waals surface area contributed by atoms with Crippen LogP contribution in [0.4, 0.5) is 8.78 Å². The largest absolute Gasteiger partial charge is 0.309 e. The van der Waals surface area contributed by atoms with Gasteiger partial charge in [0.2, 0.25) is 0 Å². The molecule has 0 amide bonds. The van der Waals surface area contributed by atoms with E-state index in [0.29, 0.717) is 23.5 Å². The Morgan fingerprint density at radius 3 is 2.50 bits per heavy atom. The maximum Gasteiger partial charge on any atom is 0.193 e. The molecule has 26 heavy (non-hydrogen) atoms. The number of halogens is 3. The number of hydrogen-bond donors (Lipinski definition) is 0. The molecule has 138 valence electrons. The Balaban J connectivity index is 0.00000196. The first kappa shape index (κ1) is 19.0. The van der Waals surface area contributed by atoms with Gasteiger partial charge in [-0.2, -0.15) is 0 Å². The molecule has 2 aliphatic rings. The molecule has 2 unspecified atom stereocenters. The maximum absolute atomic E-state index is 14.1. The highest BCUT2D eigenvalue weighted by atomic mass is 35.5. The quantitative estimate of drug-likeness (QED) is 0.774. The normalized spacial score (nSPS) is 20.9. The fourth-order valence-corrected chi connectivity index (χ4v) is 4.58. The molecule has 2 aromatic rings. The summed E-state index contributed by atoms with van der Waals surface area (Å²) in [6.07, 6.45) is 2.37. The van der Waals surface area contributed by atoms with Gasteiger partial charge in [-0.05, 0) is 92.2 Å². The van der Waals surface area contributed by atoms with Gasteiger partial charge < -0.3 is 4.90 Å². The van der Waals surface area contributed by atoms with E-state index in [1.54, 1.807) is 12.1 Å². The predicted octanol–water partition coefficient (Wildman–Crippen LogP) is 4.38. The molecule has 0 aliphatic heterocycles. The van der Waals surface area contributed by atoms with E-state index in [9.17, 15) is 13.6 Å². The molecular formula is C21H22ClF2NO. The summed E-state index contributed by atoms with van der Waals surface area (Å²) in [6, 6.07) is 7.26. The number of nitrogens with zero attached hydrogens (tertiary/aromatic N) is 1. The summed E-state index contributed by atoms with van der Waals surface area (Å²) in [7, 11) is 4.08. The average molecular weight is 378 g/mol. The summed E-state index contributed by atoms with van der Waals surface area (Å²) in [5, 5.41) is 0. The summed E-state index contributed by atoms with van der Waals surface area (Å²) in [6.45, 7) is 0.903. The molecule has 0 N–H and O–H groups in total. The summed E-state index contributed by atoms with van der Waals surface area (Å²) in [5.41, 5.74) is 3.64. The van der Waals surface area contributed by atoms with Gasteiger partial charge in [0, 0.05) is 17.7 Å². The van der Waals surface area contributed by atoms with Crippen LogP contribution >= 0.6 is 12.4 Å². The molecule has 0 saturated carbocycles. The zero-order chi connectivity index (χ0) is 17.7. The van der Waals surface area contributed by atoms with Crippen LogP contribution in [-0.4, -0.2) is 31.3 Å². The number of ketones is 1. The fourth-order valence-electron chi connectivity index (χ4n) is 4.58. The first-order valence-corrected chi connectivity index (χ1v) is 8.74. The Hall–Kier alpha value is -1.78. The lowest BCUT2D eigenvalue weighted by molar-refractivity contribution is 0.103. The van der Waals surface area contributed by atoms with Crippen molar-refractivity contribution in [1.29, 1.82) is 0 Å². The zero-order valence-corrected chi connectivity index (χ0v) is 15.7. The monoisotopic (exact) mass is 377 g/mol. The smallest absolute Gasteiger partial charge is 0.193 e. The van der Waals surface area contributed by atoms with E-state index in [2.05, 4.69) is 4.90 Å². The number of carbonyl (C=O) groups is 1. The van der Waals surface area contributed by atoms with Gasteiger partial charge >= 0.3 is 0 Å². The van der Waals surface area contributed by atoms with Crippen LogP contribution in [0.2, 0.25) is 0 Å². The molecule has 2 nitrogen and oxygen atoms in total. The van der Waals surface area contributed by atoms with Crippen LogP contribution in [0, 0.1) is 17.6 Å². The van der Waals surface area contributed by atoms with Crippen LogP contribution in [0.15, 0.2) is 30.3 Å². The lowest BCUT2D eigenvalue weighted by Crippen LogP contribution is -2.32. The van der Waals surface area contributed by atoms with Crippen molar-refractivity contribution >= 4 is 18.2 Å². The van der Waals surface area contributed by atoms with E-state index in [4.69, 9.17) is 0 Å². The van der Waals surface area contributed by atoms with E-state index in [1.165, 1.54) is 18.2 Å². The van der Waals surface area contributed by atoms with E-state index in [-0.39, 0.29) is 35.7 Å². The number of hydrogen-bond acceptors (Lipinski definition) is 2. The predicted molar refractivity (Wildman–Crippen MR) is 100 cm³/mol. The molecule has 5 heteroatoms. The number of fused-ring (bicyclic) bond motifs is 1. The summed E-state index contributed by atoms with van der Waals surface area (Å²) in [4.78, 5) is 15.2. The van der Waals surface area contributed by atoms with Gasteiger partial charge in [0.15, 0.2) is 5.78 Å². The highest BCUT2D eigenvalue weighted by molar-refractivity contribution is 6.11. The zero-order valence-electron chi connectivity index (χ0n) is 14.9. The Kier molecular flexibility index (Phi) is 5.18. The Morgan fingerprint density at radius 1 is 1.04 bits per heavy atom. The van der Waals surface area contributed by atoms with Gasteiger partial charge in [0.25, 0.3) is 0 Å². The molecule has 0 spiro atoms. The van der Waals surface area contributed by atoms with Gasteiger partial charge in [0.05, 0.1) is 0 Å². The minimum atomic E-state index is -0.363. The molecule has 0 fully saturated rings. The Labute approximate surface area is 158 Å². The van der Waals surface area contributed by atoms with Crippen LogP contribution in [0.3, 0.4) is 0 Å². The molecule has 0 heterocycles. The standard InChI is InChI=1S/C21H21F2NO.ClH/c1-24(2)11-13-4-3-12-7-16(23)10-19-20(12)18(13)9-14-8-15(22)5-6-17(14)21(19)25;/h5-8,10,13,18H,3-4,9,11H2,1-2H3;1H. The van der Waals surface area contributed by atoms with Gasteiger partial charge in [-0.25, -0.2) is 8.78 Å². The van der Waals surface area contributed by atoms with Crippen LogP contribution in [0.5, 0.6) is 0 Å². The van der Waals surface area contributed by atoms with Crippen molar-refractivity contribution < 1.29 is 13.6 Å². The first-order valence-electron chi connectivity index (χ1n) is 8.74. The number of aryl methyl sites for hydroxylation is 1. The third kappa shape index (κ3) is 3.17. The summed E-state index contributed by atoms with van der Waals surface area (Å²) in [5.74, 6) is -0.386. The lowest BCUT2D eigenvalue weighted by Gasteiger charge is -2.35. The number of rotatable bonds is 2. The molecule has 0 saturated heterocycles. The second kappa shape index (κ2) is 7.09. The van der Waals surface area contributed by atoms with Crippen molar-refractivity contribution in [1.82, 2.24) is 4.90 Å². The molecule has 0 bridgehead atoms. The average Bonchev–Trinajstić information content (AvgIpc) is 2.66. The van der Waals surface area contributed by atoms with Crippen molar-refractivity contribution in [3.63, 3.8) is 0 Å². The molecule has 2 aromatic carbocycles. The van der Waals surface area contributed by atoms with Gasteiger partial charge in [0.1, 0.15) is 11.6 Å². The van der Waals surface area contributed by atoms with Gasteiger partial charge in [-0.3, -0.25) is 4.79 Å². The van der Waals surface area contributed by atoms with E-state index < -0.39 is 0 Å². The molecule has 2 atom stereocenters. The molecule has 4 rings (SSSR count). The van der Waals surface area contributed by atoms with Crippen LogP contribution in [-0.2, 0) is 12.8 Å². The summed E-state index contributed by atoms with van der Waals surface area (Å²) >= 11 is 0. The second-order valence-corrected chi connectivity index (χ2v) is 7.53. The van der Waals surface area contributed by atoms with Gasteiger partial charge in [-0.15, -0.1) is 12.4 Å². The molecular weight excluding hydrogens is 356 g/mol. The highest BCUT2D eigenvalue weighted by Gasteiger charge is 2.37.